The Bertz CT molecular complexity index is 460. The molecule has 0 atom stereocenters. The summed E-state index contributed by atoms with van der Waals surface area (Å²) in [5.74, 6) is 0.885. The number of ether oxygens (including phenoxy) is 1. The minimum Gasteiger partial charge on any atom is -0.496 e. The smallest absolute Gasteiger partial charge is 0.127 e. The molecule has 1 heterocycles. The van der Waals surface area contributed by atoms with E-state index in [1.54, 1.807) is 18.4 Å². The molecular formula is C11H12O2S. The third-order valence-corrected chi connectivity index (χ3v) is 3.51. The van der Waals surface area contributed by atoms with Crippen LogP contribution < -0.4 is 4.74 Å². The molecule has 0 aliphatic heterocycles. The molecule has 0 unspecified atom stereocenters. The van der Waals surface area contributed by atoms with Gasteiger partial charge >= 0.3 is 0 Å². The Hall–Kier alpha value is -1.06. The molecule has 0 spiro atoms. The number of hydrogen-bond donors (Lipinski definition) is 1. The van der Waals surface area contributed by atoms with Crippen molar-refractivity contribution in [2.24, 2.45) is 0 Å². The van der Waals surface area contributed by atoms with Crippen LogP contribution in [-0.2, 0) is 6.61 Å². The highest BCUT2D eigenvalue weighted by atomic mass is 32.1. The number of methoxy groups -OCH3 is 1. The molecule has 0 fully saturated rings. The van der Waals surface area contributed by atoms with Crippen LogP contribution >= 0.6 is 11.3 Å². The summed E-state index contributed by atoms with van der Waals surface area (Å²) in [6.07, 6.45) is 0. The summed E-state index contributed by atoms with van der Waals surface area (Å²) >= 11 is 1.65. The zero-order chi connectivity index (χ0) is 10.1. The van der Waals surface area contributed by atoms with Gasteiger partial charge in [-0.15, -0.1) is 11.3 Å². The van der Waals surface area contributed by atoms with Crippen molar-refractivity contribution >= 4 is 21.4 Å². The van der Waals surface area contributed by atoms with Crippen LogP contribution in [0, 0.1) is 6.92 Å². The second kappa shape index (κ2) is 3.59. The van der Waals surface area contributed by atoms with Gasteiger partial charge in [-0.3, -0.25) is 0 Å². The van der Waals surface area contributed by atoms with Gasteiger partial charge in [-0.1, -0.05) is 6.07 Å². The lowest BCUT2D eigenvalue weighted by Gasteiger charge is -2.05. The summed E-state index contributed by atoms with van der Waals surface area (Å²) in [4.78, 5) is 0. The maximum absolute atomic E-state index is 9.17. The fraction of sp³-hybridized carbons (Fsp3) is 0.273. The second-order valence-electron chi connectivity index (χ2n) is 3.21. The van der Waals surface area contributed by atoms with Crippen LogP contribution in [0.1, 0.15) is 11.1 Å². The zero-order valence-corrected chi connectivity index (χ0v) is 9.02. The van der Waals surface area contributed by atoms with E-state index in [0.29, 0.717) is 0 Å². The topological polar surface area (TPSA) is 29.5 Å². The third kappa shape index (κ3) is 1.29. The van der Waals surface area contributed by atoms with E-state index >= 15 is 0 Å². The standard InChI is InChI=1S/C11H12O2S/c1-7-6-14-11-8(5-12)3-4-9(13-2)10(7)11/h3-4,6,12H,5H2,1-2H3. The molecule has 14 heavy (non-hydrogen) atoms. The van der Waals surface area contributed by atoms with E-state index in [4.69, 9.17) is 4.74 Å². The zero-order valence-electron chi connectivity index (χ0n) is 8.20. The minimum atomic E-state index is 0.0838. The van der Waals surface area contributed by atoms with Gasteiger partial charge in [-0.2, -0.15) is 0 Å². The van der Waals surface area contributed by atoms with Crippen molar-refractivity contribution in [2.75, 3.05) is 7.11 Å². The van der Waals surface area contributed by atoms with Gasteiger partial charge in [0.1, 0.15) is 5.75 Å². The lowest BCUT2D eigenvalue weighted by atomic mass is 10.1. The van der Waals surface area contributed by atoms with E-state index in [-0.39, 0.29) is 6.61 Å². The normalized spacial score (nSPS) is 10.8. The Morgan fingerprint density at radius 1 is 1.43 bits per heavy atom. The Morgan fingerprint density at radius 3 is 2.86 bits per heavy atom. The molecule has 0 aliphatic carbocycles. The van der Waals surface area contributed by atoms with Crippen molar-refractivity contribution in [3.8, 4) is 5.75 Å². The predicted octanol–water partition coefficient (Wildman–Crippen LogP) is 2.71. The van der Waals surface area contributed by atoms with Crippen molar-refractivity contribution in [3.63, 3.8) is 0 Å². The summed E-state index contributed by atoms with van der Waals surface area (Å²) in [7, 11) is 1.67. The summed E-state index contributed by atoms with van der Waals surface area (Å²) in [5, 5.41) is 12.4. The van der Waals surface area contributed by atoms with Gasteiger partial charge in [0.05, 0.1) is 13.7 Å². The molecule has 0 amide bonds. The maximum atomic E-state index is 9.17. The summed E-state index contributed by atoms with van der Waals surface area (Å²) in [6.45, 7) is 2.14. The Kier molecular flexibility index (Phi) is 2.44. The largest absolute Gasteiger partial charge is 0.496 e. The van der Waals surface area contributed by atoms with Crippen molar-refractivity contribution in [1.29, 1.82) is 0 Å². The predicted molar refractivity (Wildman–Crippen MR) is 59.0 cm³/mol. The quantitative estimate of drug-likeness (QED) is 0.822. The van der Waals surface area contributed by atoms with Crippen molar-refractivity contribution in [3.05, 3.63) is 28.6 Å². The average molecular weight is 208 g/mol. The molecule has 3 heteroatoms. The minimum absolute atomic E-state index is 0.0838. The first-order valence-electron chi connectivity index (χ1n) is 4.42. The van der Waals surface area contributed by atoms with E-state index < -0.39 is 0 Å². The van der Waals surface area contributed by atoms with Crippen molar-refractivity contribution in [1.82, 2.24) is 0 Å². The highest BCUT2D eigenvalue weighted by Gasteiger charge is 2.09. The lowest BCUT2D eigenvalue weighted by Crippen LogP contribution is -1.88. The van der Waals surface area contributed by atoms with Gasteiger partial charge < -0.3 is 9.84 Å². The van der Waals surface area contributed by atoms with Crippen LogP contribution in [0.3, 0.4) is 0 Å². The highest BCUT2D eigenvalue weighted by Crippen LogP contribution is 2.35. The number of benzene rings is 1. The van der Waals surface area contributed by atoms with E-state index in [2.05, 4.69) is 12.3 Å². The molecule has 2 rings (SSSR count). The number of rotatable bonds is 2. The summed E-state index contributed by atoms with van der Waals surface area (Å²) in [6, 6.07) is 3.82. The molecule has 0 saturated heterocycles. The molecule has 1 aromatic carbocycles. The van der Waals surface area contributed by atoms with Crippen LogP contribution in [0.4, 0.5) is 0 Å². The highest BCUT2D eigenvalue weighted by molar-refractivity contribution is 7.17. The fourth-order valence-electron chi connectivity index (χ4n) is 1.62. The van der Waals surface area contributed by atoms with Crippen LogP contribution in [0.2, 0.25) is 0 Å². The van der Waals surface area contributed by atoms with Crippen molar-refractivity contribution < 1.29 is 9.84 Å². The molecular weight excluding hydrogens is 196 g/mol. The molecule has 1 N–H and O–H groups in total. The van der Waals surface area contributed by atoms with Crippen LogP contribution in [0.5, 0.6) is 5.75 Å². The Morgan fingerprint density at radius 2 is 2.21 bits per heavy atom. The number of aliphatic hydroxyl groups is 1. The molecule has 0 bridgehead atoms. The molecule has 0 radical (unpaired) electrons. The van der Waals surface area contributed by atoms with Crippen LogP contribution in [0.15, 0.2) is 17.5 Å². The molecule has 0 aliphatic rings. The molecule has 74 valence electrons. The summed E-state index contributed by atoms with van der Waals surface area (Å²) < 4.78 is 6.42. The first-order chi connectivity index (χ1) is 6.77. The third-order valence-electron chi connectivity index (χ3n) is 2.34. The van der Waals surface area contributed by atoms with Gasteiger partial charge in [-0.05, 0) is 29.5 Å². The number of aliphatic hydroxyl groups excluding tert-OH is 1. The molecule has 2 nitrogen and oxygen atoms in total. The van der Waals surface area contributed by atoms with Gasteiger partial charge in [0.25, 0.3) is 0 Å². The maximum Gasteiger partial charge on any atom is 0.127 e. The van der Waals surface area contributed by atoms with E-state index in [0.717, 1.165) is 21.4 Å². The SMILES string of the molecule is COc1ccc(CO)c2scc(C)c12. The number of aryl methyl sites for hydroxylation is 1. The monoisotopic (exact) mass is 208 g/mol. The first kappa shape index (κ1) is 9.49. The van der Waals surface area contributed by atoms with Crippen LogP contribution in [0.25, 0.3) is 10.1 Å². The van der Waals surface area contributed by atoms with E-state index in [1.165, 1.54) is 5.56 Å². The van der Waals surface area contributed by atoms with Gasteiger partial charge in [0.2, 0.25) is 0 Å². The number of fused-ring (bicyclic) bond motifs is 1. The van der Waals surface area contributed by atoms with Gasteiger partial charge in [-0.25, -0.2) is 0 Å². The number of hydrogen-bond acceptors (Lipinski definition) is 3. The molecule has 1 aromatic heterocycles. The van der Waals surface area contributed by atoms with Gasteiger partial charge in [0, 0.05) is 10.1 Å². The van der Waals surface area contributed by atoms with Gasteiger partial charge in [0.15, 0.2) is 0 Å². The summed E-state index contributed by atoms with van der Waals surface area (Å²) in [5.41, 5.74) is 2.18. The lowest BCUT2D eigenvalue weighted by molar-refractivity contribution is 0.283. The number of thiophene rings is 1. The average Bonchev–Trinajstić information content (AvgIpc) is 2.60. The van der Waals surface area contributed by atoms with E-state index in [9.17, 15) is 5.11 Å². The van der Waals surface area contributed by atoms with E-state index in [1.807, 2.05) is 12.1 Å². The van der Waals surface area contributed by atoms with Crippen LogP contribution in [-0.4, -0.2) is 12.2 Å². The van der Waals surface area contributed by atoms with Crippen molar-refractivity contribution in [2.45, 2.75) is 13.5 Å². The molecule has 0 saturated carbocycles. The Labute approximate surface area is 86.8 Å². The Balaban J connectivity index is 2.81. The second-order valence-corrected chi connectivity index (χ2v) is 4.09. The molecule has 2 aromatic rings. The first-order valence-corrected chi connectivity index (χ1v) is 5.30. The fourth-order valence-corrected chi connectivity index (χ4v) is 2.69.